The molecule has 1 aromatic heterocycles. The summed E-state index contributed by atoms with van der Waals surface area (Å²) in [4.78, 5) is 10.8. The van der Waals surface area contributed by atoms with E-state index in [9.17, 15) is 10.1 Å². The van der Waals surface area contributed by atoms with E-state index in [1.54, 1.807) is 23.4 Å². The van der Waals surface area contributed by atoms with E-state index >= 15 is 0 Å². The molecule has 1 atom stereocenters. The molecule has 0 saturated heterocycles. The second kappa shape index (κ2) is 6.08. The van der Waals surface area contributed by atoms with Crippen molar-refractivity contribution in [2.24, 2.45) is 0 Å². The van der Waals surface area contributed by atoms with Crippen molar-refractivity contribution in [3.63, 3.8) is 0 Å². The number of nitrogens with zero attached hydrogens (tertiary/aromatic N) is 3. The van der Waals surface area contributed by atoms with E-state index < -0.39 is 0 Å². The van der Waals surface area contributed by atoms with E-state index in [2.05, 4.69) is 10.4 Å². The Kier molecular flexibility index (Phi) is 5.01. The Morgan fingerprint density at radius 2 is 2.11 bits per heavy atom. The highest BCUT2D eigenvalue weighted by atomic mass is 32.2. The van der Waals surface area contributed by atoms with Crippen molar-refractivity contribution in [2.45, 2.75) is 39.8 Å². The fraction of sp³-hybridized carbons (Fsp3) is 0.727. The van der Waals surface area contributed by atoms with Crippen LogP contribution in [-0.4, -0.2) is 32.8 Å². The van der Waals surface area contributed by atoms with Gasteiger partial charge in [0.25, 0.3) is 0 Å². The number of thioether (sulfide) groups is 1. The highest BCUT2D eigenvalue weighted by molar-refractivity contribution is 7.98. The first-order valence-electron chi connectivity index (χ1n) is 5.87. The Bertz CT molecular complexity index is 431. The summed E-state index contributed by atoms with van der Waals surface area (Å²) in [7, 11) is 0. The number of hydrogen-bond donors (Lipinski definition) is 1. The van der Waals surface area contributed by atoms with Crippen molar-refractivity contribution in [1.29, 1.82) is 0 Å². The Labute approximate surface area is 111 Å². The molecule has 0 aliphatic carbocycles. The summed E-state index contributed by atoms with van der Waals surface area (Å²) >= 11 is 1.70. The van der Waals surface area contributed by atoms with Crippen LogP contribution in [0.5, 0.6) is 0 Å². The average molecular weight is 272 g/mol. The first-order valence-corrected chi connectivity index (χ1v) is 7.26. The quantitative estimate of drug-likeness (QED) is 0.636. The van der Waals surface area contributed by atoms with Crippen LogP contribution in [-0.2, 0) is 0 Å². The molecule has 1 heterocycles. The van der Waals surface area contributed by atoms with Crippen LogP contribution in [0.2, 0.25) is 0 Å². The van der Waals surface area contributed by atoms with Gasteiger partial charge < -0.3 is 5.32 Å². The Morgan fingerprint density at radius 1 is 1.50 bits per heavy atom. The molecule has 0 radical (unpaired) electrons. The summed E-state index contributed by atoms with van der Waals surface area (Å²) < 4.78 is 1.68. The minimum Gasteiger partial charge on any atom is -0.361 e. The lowest BCUT2D eigenvalue weighted by Crippen LogP contribution is -2.21. The summed E-state index contributed by atoms with van der Waals surface area (Å²) in [6.07, 6.45) is 2.01. The zero-order chi connectivity index (χ0) is 13.9. The minimum atomic E-state index is -0.366. The van der Waals surface area contributed by atoms with Gasteiger partial charge in [-0.15, -0.1) is 0 Å². The predicted molar refractivity (Wildman–Crippen MR) is 75.5 cm³/mol. The number of nitro groups is 1. The molecule has 0 aromatic carbocycles. The number of rotatable bonds is 6. The maximum absolute atomic E-state index is 11.1. The molecule has 1 unspecified atom stereocenters. The van der Waals surface area contributed by atoms with Crippen LogP contribution in [0, 0.1) is 17.0 Å². The van der Waals surface area contributed by atoms with Crippen LogP contribution in [0.25, 0.3) is 0 Å². The van der Waals surface area contributed by atoms with E-state index in [0.717, 1.165) is 5.75 Å². The summed E-state index contributed by atoms with van der Waals surface area (Å²) in [6, 6.07) is 0.244. The van der Waals surface area contributed by atoms with Gasteiger partial charge in [0.1, 0.15) is 5.69 Å². The molecule has 0 aliphatic heterocycles. The number of aryl methyl sites for hydroxylation is 1. The summed E-state index contributed by atoms with van der Waals surface area (Å²) in [5.74, 6) is 1.40. The molecular weight excluding hydrogens is 252 g/mol. The van der Waals surface area contributed by atoms with E-state index in [0.29, 0.717) is 11.5 Å². The molecule has 1 N–H and O–H groups in total. The zero-order valence-electron chi connectivity index (χ0n) is 11.4. The van der Waals surface area contributed by atoms with E-state index in [1.165, 1.54) is 0 Å². The standard InChI is InChI=1S/C11H20N4O2S/c1-7(2)14-11(12-8(3)6-18-5)10(15(16)17)9(4)13-14/h7-8,12H,6H2,1-5H3. The molecule has 18 heavy (non-hydrogen) atoms. The van der Waals surface area contributed by atoms with Gasteiger partial charge in [-0.25, -0.2) is 4.68 Å². The Balaban J connectivity index is 3.15. The topological polar surface area (TPSA) is 73.0 Å². The number of nitrogens with one attached hydrogen (secondary N) is 1. The van der Waals surface area contributed by atoms with Gasteiger partial charge in [0.2, 0.25) is 5.82 Å². The minimum absolute atomic E-state index is 0.0802. The van der Waals surface area contributed by atoms with Gasteiger partial charge in [-0.1, -0.05) is 0 Å². The first kappa shape index (κ1) is 14.8. The van der Waals surface area contributed by atoms with E-state index in [-0.39, 0.29) is 22.7 Å². The van der Waals surface area contributed by atoms with Crippen LogP contribution in [0.3, 0.4) is 0 Å². The second-order valence-electron chi connectivity index (χ2n) is 4.58. The van der Waals surface area contributed by atoms with Crippen LogP contribution < -0.4 is 5.32 Å². The summed E-state index contributed by atoms with van der Waals surface area (Å²) in [5, 5.41) is 18.6. The van der Waals surface area contributed by atoms with Crippen molar-refractivity contribution in [2.75, 3.05) is 17.3 Å². The Morgan fingerprint density at radius 3 is 2.56 bits per heavy atom. The van der Waals surface area contributed by atoms with E-state index in [1.807, 2.05) is 27.0 Å². The molecule has 0 spiro atoms. The molecule has 0 amide bonds. The lowest BCUT2D eigenvalue weighted by Gasteiger charge is -2.16. The largest absolute Gasteiger partial charge is 0.361 e. The molecule has 0 saturated carbocycles. The summed E-state index contributed by atoms with van der Waals surface area (Å²) in [5.41, 5.74) is 0.532. The van der Waals surface area contributed by atoms with Crippen molar-refractivity contribution in [3.8, 4) is 0 Å². The molecule has 102 valence electrons. The van der Waals surface area contributed by atoms with Crippen molar-refractivity contribution in [3.05, 3.63) is 15.8 Å². The molecular formula is C11H20N4O2S. The maximum atomic E-state index is 11.1. The van der Waals surface area contributed by atoms with Gasteiger partial charge in [0.05, 0.1) is 4.92 Å². The maximum Gasteiger partial charge on any atom is 0.333 e. The highest BCUT2D eigenvalue weighted by Crippen LogP contribution is 2.31. The molecule has 7 heteroatoms. The zero-order valence-corrected chi connectivity index (χ0v) is 12.2. The normalized spacial score (nSPS) is 12.8. The third kappa shape index (κ3) is 3.16. The van der Waals surface area contributed by atoms with Gasteiger partial charge >= 0.3 is 5.69 Å². The number of anilines is 1. The molecule has 1 aromatic rings. The number of hydrogen-bond acceptors (Lipinski definition) is 5. The third-order valence-electron chi connectivity index (χ3n) is 2.53. The van der Waals surface area contributed by atoms with Crippen molar-refractivity contribution in [1.82, 2.24) is 9.78 Å². The first-order chi connectivity index (χ1) is 8.38. The SMILES string of the molecule is CSCC(C)Nc1c([N+](=O)[O-])c(C)nn1C(C)C. The molecule has 1 rings (SSSR count). The van der Waals surface area contributed by atoms with Crippen LogP contribution in [0.15, 0.2) is 0 Å². The lowest BCUT2D eigenvalue weighted by atomic mass is 10.3. The van der Waals surface area contributed by atoms with Gasteiger partial charge in [-0.05, 0) is 34.0 Å². The van der Waals surface area contributed by atoms with Crippen molar-refractivity contribution < 1.29 is 4.92 Å². The van der Waals surface area contributed by atoms with Gasteiger partial charge in [-0.3, -0.25) is 10.1 Å². The average Bonchev–Trinajstić information content (AvgIpc) is 2.55. The van der Waals surface area contributed by atoms with Crippen molar-refractivity contribution >= 4 is 23.3 Å². The third-order valence-corrected chi connectivity index (χ3v) is 3.36. The fourth-order valence-electron chi connectivity index (χ4n) is 1.79. The summed E-state index contributed by atoms with van der Waals surface area (Å²) in [6.45, 7) is 7.59. The molecule has 6 nitrogen and oxygen atoms in total. The second-order valence-corrected chi connectivity index (χ2v) is 5.49. The molecule has 0 fully saturated rings. The van der Waals surface area contributed by atoms with Gasteiger partial charge in [-0.2, -0.15) is 16.9 Å². The monoisotopic (exact) mass is 272 g/mol. The van der Waals surface area contributed by atoms with Gasteiger partial charge in [0.15, 0.2) is 0 Å². The van der Waals surface area contributed by atoms with Crippen LogP contribution >= 0.6 is 11.8 Å². The molecule has 0 aliphatic rings. The van der Waals surface area contributed by atoms with Crippen LogP contribution in [0.4, 0.5) is 11.5 Å². The Hall–Kier alpha value is -1.24. The predicted octanol–water partition coefficient (Wildman–Crippen LogP) is 2.84. The van der Waals surface area contributed by atoms with Gasteiger partial charge in [0, 0.05) is 17.8 Å². The smallest absolute Gasteiger partial charge is 0.333 e. The number of aromatic nitrogens is 2. The highest BCUT2D eigenvalue weighted by Gasteiger charge is 2.27. The van der Waals surface area contributed by atoms with Crippen LogP contribution in [0.1, 0.15) is 32.5 Å². The lowest BCUT2D eigenvalue weighted by molar-refractivity contribution is -0.384. The fourth-order valence-corrected chi connectivity index (χ4v) is 2.37. The molecule has 0 bridgehead atoms. The van der Waals surface area contributed by atoms with E-state index in [4.69, 9.17) is 0 Å².